The SMILES string of the molecule is Cc1ccc(S(=O)(=O)N(C)C[C@@H]2OCCCC[C@H](C)Oc3ccc(NS(=O)(=O)c4cccs4)cc3C(=O)N([C@H](C)CO)C[C@H]2C)cc1. The Bertz CT molecular complexity index is 1700. The molecule has 3 aromatic rings. The van der Waals surface area contributed by atoms with Crippen LogP contribution in [0.3, 0.4) is 0 Å². The number of ether oxygens (including phenoxy) is 2. The van der Waals surface area contributed by atoms with Gasteiger partial charge < -0.3 is 19.5 Å². The monoisotopic (exact) mass is 707 g/mol. The summed E-state index contributed by atoms with van der Waals surface area (Å²) in [5.74, 6) is -0.511. The van der Waals surface area contributed by atoms with Gasteiger partial charge in [-0.05, 0) is 81.8 Å². The fourth-order valence-corrected chi connectivity index (χ4v) is 8.54. The van der Waals surface area contributed by atoms with Crippen LogP contribution < -0.4 is 9.46 Å². The minimum absolute atomic E-state index is 0.0532. The van der Waals surface area contributed by atoms with Crippen LogP contribution in [0.15, 0.2) is 69.1 Å². The summed E-state index contributed by atoms with van der Waals surface area (Å²) in [6.07, 6.45) is 1.33. The Balaban J connectivity index is 1.67. The fourth-order valence-electron chi connectivity index (χ4n) is 5.31. The number of hydrogen-bond donors (Lipinski definition) is 2. The Labute approximate surface area is 282 Å². The van der Waals surface area contributed by atoms with E-state index in [0.717, 1.165) is 29.7 Å². The molecule has 0 saturated carbocycles. The van der Waals surface area contributed by atoms with Gasteiger partial charge in [0.15, 0.2) is 0 Å². The van der Waals surface area contributed by atoms with Crippen molar-refractivity contribution < 1.29 is 36.2 Å². The number of aliphatic hydroxyl groups excluding tert-OH is 1. The summed E-state index contributed by atoms with van der Waals surface area (Å²) in [5.41, 5.74) is 1.28. The smallest absolute Gasteiger partial charge is 0.271 e. The third-order valence-corrected chi connectivity index (χ3v) is 12.8. The number of nitrogens with one attached hydrogen (secondary N) is 1. The van der Waals surface area contributed by atoms with Crippen molar-refractivity contribution in [3.63, 3.8) is 0 Å². The number of rotatable bonds is 9. The highest BCUT2D eigenvalue weighted by Gasteiger charge is 2.32. The van der Waals surface area contributed by atoms with E-state index in [1.807, 2.05) is 20.8 Å². The second-order valence-electron chi connectivity index (χ2n) is 12.1. The average Bonchev–Trinajstić information content (AvgIpc) is 3.59. The summed E-state index contributed by atoms with van der Waals surface area (Å²) >= 11 is 1.08. The standard InChI is InChI=1S/C33H45N3O8S3/c1-23-11-14-28(15-12-23)47(41,42)35(5)21-31-24(2)20-36(25(3)22-37)33(38)29-19-27(34-46(39,40)32-10-8-18-45-32)13-16-30(29)44-26(4)9-6-7-17-43-31/h8,10-16,18-19,24-26,31,34,37H,6-7,9,17,20-22H2,1-5H3/t24-,25-,26+,31+/m1/s1. The van der Waals surface area contributed by atoms with E-state index in [1.165, 1.54) is 28.4 Å². The number of sulfonamides is 2. The number of hydrogen-bond acceptors (Lipinski definition) is 9. The predicted octanol–water partition coefficient (Wildman–Crippen LogP) is 4.97. The van der Waals surface area contributed by atoms with Crippen LogP contribution in [0.4, 0.5) is 5.69 Å². The molecular weight excluding hydrogens is 663 g/mol. The van der Waals surface area contributed by atoms with E-state index in [-0.39, 0.29) is 52.1 Å². The van der Waals surface area contributed by atoms with Gasteiger partial charge in [-0.1, -0.05) is 30.7 Å². The zero-order valence-corrected chi connectivity index (χ0v) is 29.9. The van der Waals surface area contributed by atoms with Crippen molar-refractivity contribution in [3.8, 4) is 5.75 Å². The quantitative estimate of drug-likeness (QED) is 0.318. The second-order valence-corrected chi connectivity index (χ2v) is 17.0. The van der Waals surface area contributed by atoms with Gasteiger partial charge in [0.1, 0.15) is 9.96 Å². The second kappa shape index (κ2) is 15.9. The van der Waals surface area contributed by atoms with Gasteiger partial charge in [-0.15, -0.1) is 11.3 Å². The van der Waals surface area contributed by atoms with Crippen molar-refractivity contribution >= 4 is 43.0 Å². The highest BCUT2D eigenvalue weighted by molar-refractivity contribution is 7.94. The van der Waals surface area contributed by atoms with Crippen LogP contribution >= 0.6 is 11.3 Å². The van der Waals surface area contributed by atoms with Crippen molar-refractivity contribution in [1.29, 1.82) is 0 Å². The molecule has 1 aliphatic heterocycles. The molecule has 1 amide bonds. The number of anilines is 1. The van der Waals surface area contributed by atoms with Gasteiger partial charge in [-0.2, -0.15) is 4.31 Å². The molecule has 0 saturated heterocycles. The van der Waals surface area contributed by atoms with Crippen molar-refractivity contribution in [3.05, 3.63) is 71.1 Å². The number of likely N-dealkylation sites (N-methyl/N-ethyl adjacent to an activating group) is 1. The highest BCUT2D eigenvalue weighted by atomic mass is 32.2. The molecule has 0 radical (unpaired) electrons. The Kier molecular flexibility index (Phi) is 12.5. The van der Waals surface area contributed by atoms with Crippen molar-refractivity contribution in [2.24, 2.45) is 5.92 Å². The maximum Gasteiger partial charge on any atom is 0.271 e. The number of aliphatic hydroxyl groups is 1. The third kappa shape index (κ3) is 9.33. The first kappa shape index (κ1) is 36.8. The van der Waals surface area contributed by atoms with Gasteiger partial charge in [0.2, 0.25) is 10.0 Å². The zero-order valence-electron chi connectivity index (χ0n) is 27.5. The predicted molar refractivity (Wildman–Crippen MR) is 183 cm³/mol. The topological polar surface area (TPSA) is 143 Å². The third-order valence-electron chi connectivity index (χ3n) is 8.23. The molecule has 14 heteroatoms. The minimum atomic E-state index is -3.88. The lowest BCUT2D eigenvalue weighted by atomic mass is 10.0. The van der Waals surface area contributed by atoms with E-state index >= 15 is 0 Å². The van der Waals surface area contributed by atoms with Gasteiger partial charge >= 0.3 is 0 Å². The lowest BCUT2D eigenvalue weighted by Gasteiger charge is -2.35. The van der Waals surface area contributed by atoms with Crippen LogP contribution in [-0.2, 0) is 24.8 Å². The first-order valence-corrected chi connectivity index (χ1v) is 19.5. The molecule has 4 atom stereocenters. The van der Waals surface area contributed by atoms with Crippen molar-refractivity contribution in [2.75, 3.05) is 38.1 Å². The molecular formula is C33H45N3O8S3. The first-order chi connectivity index (χ1) is 22.2. The molecule has 258 valence electrons. The minimum Gasteiger partial charge on any atom is -0.490 e. The van der Waals surface area contributed by atoms with Gasteiger partial charge in [-0.3, -0.25) is 9.52 Å². The van der Waals surface area contributed by atoms with E-state index in [4.69, 9.17) is 9.47 Å². The summed E-state index contributed by atoms with van der Waals surface area (Å²) in [4.78, 5) is 16.0. The Morgan fingerprint density at radius 1 is 1.09 bits per heavy atom. The number of nitrogens with zero attached hydrogens (tertiary/aromatic N) is 2. The van der Waals surface area contributed by atoms with Crippen LogP contribution in [0.5, 0.6) is 5.75 Å². The van der Waals surface area contributed by atoms with Gasteiger partial charge in [0, 0.05) is 38.3 Å². The molecule has 0 unspecified atom stereocenters. The van der Waals surface area contributed by atoms with E-state index in [2.05, 4.69) is 4.72 Å². The molecule has 1 aliphatic rings. The molecule has 4 rings (SSSR count). The van der Waals surface area contributed by atoms with E-state index in [0.29, 0.717) is 18.8 Å². The Morgan fingerprint density at radius 3 is 2.47 bits per heavy atom. The molecule has 47 heavy (non-hydrogen) atoms. The molecule has 0 bridgehead atoms. The average molecular weight is 708 g/mol. The van der Waals surface area contributed by atoms with E-state index in [9.17, 15) is 26.7 Å². The van der Waals surface area contributed by atoms with E-state index in [1.54, 1.807) is 54.8 Å². The fraction of sp³-hybridized carbons (Fsp3) is 0.485. The van der Waals surface area contributed by atoms with Gasteiger partial charge in [-0.25, -0.2) is 16.8 Å². The number of carbonyl (C=O) groups is 1. The maximum absolute atomic E-state index is 14.3. The largest absolute Gasteiger partial charge is 0.490 e. The van der Waals surface area contributed by atoms with Gasteiger partial charge in [0.25, 0.3) is 15.9 Å². The van der Waals surface area contributed by atoms with Crippen molar-refractivity contribution in [2.45, 2.75) is 74.3 Å². The molecule has 11 nitrogen and oxygen atoms in total. The molecule has 2 N–H and O–H groups in total. The number of aryl methyl sites for hydroxylation is 1. The highest BCUT2D eigenvalue weighted by Crippen LogP contribution is 2.30. The van der Waals surface area contributed by atoms with Gasteiger partial charge in [0.05, 0.1) is 35.3 Å². The summed E-state index contributed by atoms with van der Waals surface area (Å²) in [7, 11) is -6.17. The summed E-state index contributed by atoms with van der Waals surface area (Å²) < 4.78 is 69.4. The lowest BCUT2D eigenvalue weighted by molar-refractivity contribution is -0.00833. The molecule has 0 aliphatic carbocycles. The van der Waals surface area contributed by atoms with Crippen LogP contribution in [0.25, 0.3) is 0 Å². The summed E-state index contributed by atoms with van der Waals surface area (Å²) in [6.45, 7) is 7.64. The first-order valence-electron chi connectivity index (χ1n) is 15.7. The summed E-state index contributed by atoms with van der Waals surface area (Å²) in [6, 6.07) is 13.8. The Morgan fingerprint density at radius 2 is 1.81 bits per heavy atom. The van der Waals surface area contributed by atoms with Crippen LogP contribution in [0.1, 0.15) is 56.0 Å². The maximum atomic E-state index is 14.3. The molecule has 1 aromatic heterocycles. The van der Waals surface area contributed by atoms with Crippen LogP contribution in [0, 0.1) is 12.8 Å². The number of fused-ring (bicyclic) bond motifs is 1. The number of thiophene rings is 1. The molecule has 2 heterocycles. The molecule has 0 fully saturated rings. The molecule has 0 spiro atoms. The number of carbonyl (C=O) groups excluding carboxylic acids is 1. The molecule has 2 aromatic carbocycles. The number of amides is 1. The van der Waals surface area contributed by atoms with E-state index < -0.39 is 38.1 Å². The lowest BCUT2D eigenvalue weighted by Crippen LogP contribution is -2.48. The van der Waals surface area contributed by atoms with Crippen molar-refractivity contribution in [1.82, 2.24) is 9.21 Å². The Hall–Kier alpha value is -3.01. The summed E-state index contributed by atoms with van der Waals surface area (Å²) in [5, 5.41) is 11.9. The normalized spacial score (nSPS) is 21.0. The van der Waals surface area contributed by atoms with Crippen LogP contribution in [-0.4, -0.2) is 88.7 Å². The number of benzene rings is 2. The zero-order chi connectivity index (χ0) is 34.4. The van der Waals surface area contributed by atoms with Crippen LogP contribution in [0.2, 0.25) is 0 Å².